The second-order valence-electron chi connectivity index (χ2n) is 5.31. The minimum Gasteiger partial charge on any atom is -0.485 e. The highest BCUT2D eigenvalue weighted by molar-refractivity contribution is 7.13. The van der Waals surface area contributed by atoms with E-state index in [-0.39, 0.29) is 0 Å². The molecular formula is C21H25N3OS. The number of hydrogen-bond acceptors (Lipinski definition) is 5. The second kappa shape index (κ2) is 10.4. The quantitative estimate of drug-likeness (QED) is 0.561. The molecule has 136 valence electrons. The van der Waals surface area contributed by atoms with Crippen LogP contribution in [-0.2, 0) is 6.61 Å². The Morgan fingerprint density at radius 3 is 2.62 bits per heavy atom. The molecule has 2 aromatic heterocycles. The van der Waals surface area contributed by atoms with Gasteiger partial charge in [0.05, 0.1) is 5.69 Å². The van der Waals surface area contributed by atoms with Crippen LogP contribution in [0.4, 0.5) is 10.9 Å². The summed E-state index contributed by atoms with van der Waals surface area (Å²) >= 11 is 1.55. The summed E-state index contributed by atoms with van der Waals surface area (Å²) in [6, 6.07) is 12.1. The van der Waals surface area contributed by atoms with Gasteiger partial charge >= 0.3 is 0 Å². The summed E-state index contributed by atoms with van der Waals surface area (Å²) in [6.45, 7) is 8.44. The number of aryl methyl sites for hydroxylation is 1. The molecule has 0 spiro atoms. The maximum atomic E-state index is 6.01. The van der Waals surface area contributed by atoms with Gasteiger partial charge in [-0.05, 0) is 31.0 Å². The average molecular weight is 368 g/mol. The number of aromatic nitrogens is 2. The van der Waals surface area contributed by atoms with E-state index >= 15 is 0 Å². The summed E-state index contributed by atoms with van der Waals surface area (Å²) in [5, 5.41) is 6.06. The van der Waals surface area contributed by atoms with Crippen LogP contribution in [0.5, 0.6) is 5.75 Å². The molecule has 0 bridgehead atoms. The zero-order valence-corrected chi connectivity index (χ0v) is 16.5. The summed E-state index contributed by atoms with van der Waals surface area (Å²) < 4.78 is 6.01. The van der Waals surface area contributed by atoms with Gasteiger partial charge in [-0.3, -0.25) is 0 Å². The molecule has 3 rings (SSSR count). The fourth-order valence-electron chi connectivity index (χ4n) is 2.20. The smallest absolute Gasteiger partial charge is 0.188 e. The molecule has 5 heteroatoms. The molecular weight excluding hydrogens is 342 g/mol. The van der Waals surface area contributed by atoms with Crippen molar-refractivity contribution in [2.45, 2.75) is 34.3 Å². The number of anilines is 2. The Kier molecular flexibility index (Phi) is 7.83. The summed E-state index contributed by atoms with van der Waals surface area (Å²) in [4.78, 5) is 8.92. The zero-order valence-electron chi connectivity index (χ0n) is 15.7. The molecule has 0 fully saturated rings. The molecule has 0 aliphatic rings. The Morgan fingerprint density at radius 2 is 1.96 bits per heavy atom. The minimum absolute atomic E-state index is 0.493. The molecule has 0 unspecified atom stereocenters. The van der Waals surface area contributed by atoms with Gasteiger partial charge in [-0.25, -0.2) is 9.97 Å². The van der Waals surface area contributed by atoms with E-state index in [1.165, 1.54) is 0 Å². The van der Waals surface area contributed by atoms with Gasteiger partial charge in [0.25, 0.3) is 0 Å². The molecule has 0 atom stereocenters. The Balaban J connectivity index is 0.00000117. The highest BCUT2D eigenvalue weighted by atomic mass is 32.1. The predicted molar refractivity (Wildman–Crippen MR) is 111 cm³/mol. The van der Waals surface area contributed by atoms with E-state index in [0.29, 0.717) is 18.2 Å². The van der Waals surface area contributed by atoms with E-state index in [9.17, 15) is 0 Å². The maximum absolute atomic E-state index is 6.01. The Hall–Kier alpha value is -2.66. The van der Waals surface area contributed by atoms with Crippen LogP contribution in [0, 0.1) is 6.92 Å². The number of benzene rings is 1. The molecule has 0 amide bonds. The van der Waals surface area contributed by atoms with Crippen molar-refractivity contribution in [1.29, 1.82) is 0 Å². The van der Waals surface area contributed by atoms with E-state index in [2.05, 4.69) is 15.3 Å². The summed E-state index contributed by atoms with van der Waals surface area (Å²) in [5.74, 6) is 1.39. The van der Waals surface area contributed by atoms with Crippen LogP contribution in [0.3, 0.4) is 0 Å². The van der Waals surface area contributed by atoms with Crippen LogP contribution in [0.25, 0.3) is 6.08 Å². The number of allylic oxidation sites excluding steroid dienone is 1. The lowest BCUT2D eigenvalue weighted by Gasteiger charge is -2.12. The van der Waals surface area contributed by atoms with Gasteiger partial charge in [0.1, 0.15) is 6.61 Å². The fraction of sp³-hybridized carbons (Fsp3) is 0.238. The van der Waals surface area contributed by atoms with Crippen molar-refractivity contribution < 1.29 is 4.74 Å². The predicted octanol–water partition coefficient (Wildman–Crippen LogP) is 6.23. The van der Waals surface area contributed by atoms with Crippen LogP contribution >= 0.6 is 11.3 Å². The maximum Gasteiger partial charge on any atom is 0.188 e. The largest absolute Gasteiger partial charge is 0.485 e. The van der Waals surface area contributed by atoms with Gasteiger partial charge in [0.15, 0.2) is 16.7 Å². The summed E-state index contributed by atoms with van der Waals surface area (Å²) in [7, 11) is 0. The van der Waals surface area contributed by atoms with Gasteiger partial charge in [-0.15, -0.1) is 11.3 Å². The number of nitrogens with one attached hydrogen (secondary N) is 1. The van der Waals surface area contributed by atoms with E-state index in [1.54, 1.807) is 11.3 Å². The third-order valence-electron chi connectivity index (χ3n) is 3.31. The van der Waals surface area contributed by atoms with Crippen molar-refractivity contribution in [1.82, 2.24) is 9.97 Å². The summed E-state index contributed by atoms with van der Waals surface area (Å²) in [6.07, 6.45) is 5.80. The first-order chi connectivity index (χ1) is 12.7. The molecule has 3 aromatic rings. The minimum atomic E-state index is 0.493. The van der Waals surface area contributed by atoms with E-state index < -0.39 is 0 Å². The van der Waals surface area contributed by atoms with Crippen molar-refractivity contribution in [3.8, 4) is 5.75 Å². The molecule has 0 aliphatic carbocycles. The first-order valence-electron chi connectivity index (χ1n) is 8.73. The molecule has 0 saturated carbocycles. The van der Waals surface area contributed by atoms with E-state index in [0.717, 1.165) is 22.0 Å². The first-order valence-corrected chi connectivity index (χ1v) is 9.61. The van der Waals surface area contributed by atoms with Gasteiger partial charge < -0.3 is 10.1 Å². The molecule has 2 heterocycles. The molecule has 0 saturated heterocycles. The van der Waals surface area contributed by atoms with Crippen molar-refractivity contribution >= 4 is 28.4 Å². The van der Waals surface area contributed by atoms with Crippen molar-refractivity contribution in [2.75, 3.05) is 5.32 Å². The number of hydrogen-bond donors (Lipinski definition) is 1. The summed E-state index contributed by atoms with van der Waals surface area (Å²) in [5.41, 5.74) is 3.10. The fourth-order valence-corrected chi connectivity index (χ4v) is 2.88. The lowest BCUT2D eigenvalue weighted by Crippen LogP contribution is -2.01. The molecule has 1 aromatic carbocycles. The molecule has 1 N–H and O–H groups in total. The van der Waals surface area contributed by atoms with Crippen LogP contribution in [0.1, 0.15) is 37.6 Å². The van der Waals surface area contributed by atoms with Crippen molar-refractivity contribution in [3.05, 3.63) is 70.9 Å². The molecule has 26 heavy (non-hydrogen) atoms. The Bertz CT molecular complexity index is 828. The molecule has 0 radical (unpaired) electrons. The lowest BCUT2D eigenvalue weighted by atomic mass is 10.2. The van der Waals surface area contributed by atoms with Crippen molar-refractivity contribution in [2.24, 2.45) is 0 Å². The van der Waals surface area contributed by atoms with Gasteiger partial charge in [0.2, 0.25) is 0 Å². The SMILES string of the molecule is C/C=C/c1cnc(Nc2nc(C)cs2)c(OCc2ccccc2)c1.CC. The van der Waals surface area contributed by atoms with Gasteiger partial charge in [0, 0.05) is 11.6 Å². The van der Waals surface area contributed by atoms with E-state index in [4.69, 9.17) is 4.74 Å². The zero-order chi connectivity index (χ0) is 18.8. The third-order valence-corrected chi connectivity index (χ3v) is 4.19. The van der Waals surface area contributed by atoms with Crippen LogP contribution < -0.4 is 10.1 Å². The third kappa shape index (κ3) is 5.70. The topological polar surface area (TPSA) is 47.0 Å². The van der Waals surface area contributed by atoms with Gasteiger partial charge in [-0.1, -0.05) is 56.3 Å². The van der Waals surface area contributed by atoms with E-state index in [1.807, 2.05) is 87.8 Å². The first kappa shape index (κ1) is 19.7. The molecule has 4 nitrogen and oxygen atoms in total. The number of pyridine rings is 1. The monoisotopic (exact) mass is 367 g/mol. The highest BCUT2D eigenvalue weighted by Gasteiger charge is 2.09. The number of rotatable bonds is 6. The van der Waals surface area contributed by atoms with Gasteiger partial charge in [-0.2, -0.15) is 0 Å². The normalized spacial score (nSPS) is 10.3. The highest BCUT2D eigenvalue weighted by Crippen LogP contribution is 2.29. The number of ether oxygens (including phenoxy) is 1. The number of thiazole rings is 1. The van der Waals surface area contributed by atoms with Crippen LogP contribution in [0.15, 0.2) is 54.1 Å². The van der Waals surface area contributed by atoms with Crippen molar-refractivity contribution in [3.63, 3.8) is 0 Å². The Labute approximate surface area is 159 Å². The standard InChI is InChI=1S/C19H19N3OS.C2H6/c1-3-7-16-10-17(23-12-15-8-5-4-6-9-15)18(20-11-16)22-19-21-14(2)13-24-19;1-2/h3-11,13H,12H2,1-2H3,(H,20,21,22);1-2H3/b7-3+;. The van der Waals surface area contributed by atoms with Crippen LogP contribution in [0.2, 0.25) is 0 Å². The second-order valence-corrected chi connectivity index (χ2v) is 6.17. The Morgan fingerprint density at radius 1 is 1.19 bits per heavy atom. The van der Waals surface area contributed by atoms with Crippen LogP contribution in [-0.4, -0.2) is 9.97 Å². The average Bonchev–Trinajstić information content (AvgIpc) is 3.09. The number of nitrogens with zero attached hydrogens (tertiary/aromatic N) is 2. The molecule has 0 aliphatic heterocycles. The lowest BCUT2D eigenvalue weighted by molar-refractivity contribution is 0.307.